The minimum atomic E-state index is 1.25. The molecule has 10 aromatic rings. The van der Waals surface area contributed by atoms with Crippen molar-refractivity contribution >= 4 is 95.3 Å². The highest BCUT2D eigenvalue weighted by molar-refractivity contribution is 7.36. The monoisotopic (exact) mass is 592 g/mol. The van der Waals surface area contributed by atoms with Gasteiger partial charge in [-0.05, 0) is 108 Å². The van der Waals surface area contributed by atoms with Crippen LogP contribution in [0.5, 0.6) is 0 Å². The van der Waals surface area contributed by atoms with Crippen molar-refractivity contribution in [1.82, 2.24) is 0 Å². The van der Waals surface area contributed by atoms with Crippen LogP contribution < -0.4 is 0 Å². The Morgan fingerprint density at radius 3 is 1.48 bits per heavy atom. The van der Waals surface area contributed by atoms with Gasteiger partial charge in [0.15, 0.2) is 0 Å². The van der Waals surface area contributed by atoms with Crippen molar-refractivity contribution in [3.63, 3.8) is 0 Å². The van der Waals surface area contributed by atoms with Crippen LogP contribution in [0.3, 0.4) is 0 Å². The van der Waals surface area contributed by atoms with Crippen LogP contribution in [0, 0.1) is 0 Å². The summed E-state index contributed by atoms with van der Waals surface area (Å²) in [7, 11) is 0. The molecule has 44 heavy (non-hydrogen) atoms. The molecular weight excluding hydrogens is 569 g/mol. The lowest BCUT2D eigenvalue weighted by atomic mass is 9.94. The smallest absolute Gasteiger partial charge is 0.0542 e. The topological polar surface area (TPSA) is 0 Å². The van der Waals surface area contributed by atoms with Crippen molar-refractivity contribution in [2.24, 2.45) is 0 Å². The van der Waals surface area contributed by atoms with Crippen LogP contribution >= 0.6 is 22.7 Å². The maximum Gasteiger partial charge on any atom is 0.0542 e. The number of rotatable bonds is 2. The number of hydrogen-bond acceptors (Lipinski definition) is 2. The first-order valence-corrected chi connectivity index (χ1v) is 16.6. The van der Waals surface area contributed by atoms with E-state index in [1.807, 2.05) is 22.7 Å². The maximum absolute atomic E-state index is 2.40. The van der Waals surface area contributed by atoms with E-state index in [0.29, 0.717) is 0 Å². The van der Waals surface area contributed by atoms with Gasteiger partial charge in [-0.15, -0.1) is 22.7 Å². The lowest BCUT2D eigenvalue weighted by molar-refractivity contribution is 1.66. The number of fused-ring (bicyclic) bond motifs is 9. The molecule has 0 radical (unpaired) electrons. The fraction of sp³-hybridized carbons (Fsp3) is 0. The van der Waals surface area contributed by atoms with Crippen LogP contribution in [0.2, 0.25) is 0 Å². The Hall–Kier alpha value is -5.02. The zero-order valence-corrected chi connectivity index (χ0v) is 25.3. The molecule has 2 heteroatoms. The lowest BCUT2D eigenvalue weighted by Gasteiger charge is -2.10. The highest BCUT2D eigenvalue weighted by atomic mass is 32.1. The molecule has 0 aliphatic carbocycles. The van der Waals surface area contributed by atoms with Crippen molar-refractivity contribution in [2.75, 3.05) is 0 Å². The second-order valence-electron chi connectivity index (χ2n) is 11.8. The standard InChI is InChI=1S/C42H24S2/c1-2-8-27-23-39-37(21-26(27)7-1)41-42(43-39)38-22-32-15-14-31(20-34(32)24-40(38)44-41)28-12-13-30-19-33(17-16-29(30)18-28)36-11-5-9-25-6-3-4-10-35(25)36/h1-24H. The molecule has 2 heterocycles. The Morgan fingerprint density at radius 1 is 0.295 bits per heavy atom. The number of hydrogen-bond donors (Lipinski definition) is 0. The van der Waals surface area contributed by atoms with E-state index < -0.39 is 0 Å². The molecule has 0 saturated heterocycles. The molecule has 0 unspecified atom stereocenters. The van der Waals surface area contributed by atoms with Crippen molar-refractivity contribution < 1.29 is 0 Å². The van der Waals surface area contributed by atoms with Crippen molar-refractivity contribution in [1.29, 1.82) is 0 Å². The maximum atomic E-state index is 2.40. The highest BCUT2D eigenvalue weighted by Crippen LogP contribution is 2.46. The molecule has 0 N–H and O–H groups in total. The summed E-state index contributed by atoms with van der Waals surface area (Å²) in [6.45, 7) is 0. The van der Waals surface area contributed by atoms with Gasteiger partial charge in [-0.3, -0.25) is 0 Å². The minimum Gasteiger partial charge on any atom is -0.134 e. The summed E-state index contributed by atoms with van der Waals surface area (Å²) in [6, 6.07) is 54.1. The molecule has 0 fully saturated rings. The molecule has 8 aromatic carbocycles. The van der Waals surface area contributed by atoms with Crippen molar-refractivity contribution in [3.05, 3.63) is 146 Å². The molecule has 0 amide bonds. The molecule has 204 valence electrons. The van der Waals surface area contributed by atoms with Crippen LogP contribution in [0.4, 0.5) is 0 Å². The first kappa shape index (κ1) is 24.4. The van der Waals surface area contributed by atoms with Gasteiger partial charge in [-0.25, -0.2) is 0 Å². The Balaban J connectivity index is 1.06. The summed E-state index contributed by atoms with van der Waals surface area (Å²) in [5, 5.41) is 13.1. The first-order valence-electron chi connectivity index (χ1n) is 15.0. The number of thiophene rings is 2. The molecular formula is C42H24S2. The van der Waals surface area contributed by atoms with Gasteiger partial charge in [0.1, 0.15) is 0 Å². The Bertz CT molecular complexity index is 2770. The molecule has 0 saturated carbocycles. The van der Waals surface area contributed by atoms with Crippen LogP contribution in [0.1, 0.15) is 0 Å². The van der Waals surface area contributed by atoms with E-state index >= 15 is 0 Å². The summed E-state index contributed by atoms with van der Waals surface area (Å²) in [5.41, 5.74) is 5.05. The summed E-state index contributed by atoms with van der Waals surface area (Å²) >= 11 is 3.87. The van der Waals surface area contributed by atoms with Gasteiger partial charge < -0.3 is 0 Å². The van der Waals surface area contributed by atoms with E-state index in [4.69, 9.17) is 0 Å². The third-order valence-electron chi connectivity index (χ3n) is 9.18. The summed E-state index contributed by atoms with van der Waals surface area (Å²) in [5.74, 6) is 0. The summed E-state index contributed by atoms with van der Waals surface area (Å²) in [4.78, 5) is 0. The predicted molar refractivity (Wildman–Crippen MR) is 196 cm³/mol. The van der Waals surface area contributed by atoms with Gasteiger partial charge in [0.05, 0.1) is 9.40 Å². The van der Waals surface area contributed by atoms with Gasteiger partial charge >= 0.3 is 0 Å². The van der Waals surface area contributed by atoms with E-state index in [1.165, 1.54) is 94.9 Å². The largest absolute Gasteiger partial charge is 0.134 e. The highest BCUT2D eigenvalue weighted by Gasteiger charge is 2.14. The fourth-order valence-corrected chi connectivity index (χ4v) is 9.63. The van der Waals surface area contributed by atoms with Crippen LogP contribution in [0.25, 0.3) is 94.9 Å². The zero-order chi connectivity index (χ0) is 28.8. The lowest BCUT2D eigenvalue weighted by Crippen LogP contribution is -1.84. The second kappa shape index (κ2) is 9.24. The normalized spacial score (nSPS) is 12.1. The Morgan fingerprint density at radius 2 is 0.773 bits per heavy atom. The predicted octanol–water partition coefficient (Wildman–Crippen LogP) is 13.2. The Kier molecular flexibility index (Phi) is 5.13. The fourth-order valence-electron chi connectivity index (χ4n) is 6.94. The van der Waals surface area contributed by atoms with Gasteiger partial charge in [0, 0.05) is 20.2 Å². The molecule has 0 spiro atoms. The molecule has 0 atom stereocenters. The Labute approximate surface area is 262 Å². The second-order valence-corrected chi connectivity index (χ2v) is 13.9. The molecule has 0 aliphatic rings. The van der Waals surface area contributed by atoms with Gasteiger partial charge in [-0.2, -0.15) is 0 Å². The molecule has 0 aliphatic heterocycles. The van der Waals surface area contributed by atoms with Gasteiger partial charge in [0.2, 0.25) is 0 Å². The average molecular weight is 593 g/mol. The van der Waals surface area contributed by atoms with E-state index in [1.54, 1.807) is 0 Å². The minimum absolute atomic E-state index is 1.25. The quantitative estimate of drug-likeness (QED) is 0.187. The summed E-state index contributed by atoms with van der Waals surface area (Å²) in [6.07, 6.45) is 0. The third kappa shape index (κ3) is 3.68. The van der Waals surface area contributed by atoms with Crippen LogP contribution in [0.15, 0.2) is 146 Å². The van der Waals surface area contributed by atoms with E-state index in [2.05, 4.69) is 146 Å². The molecule has 0 nitrogen and oxygen atoms in total. The molecule has 10 rings (SSSR count). The SMILES string of the molecule is c1ccc2cc3c(cc2c1)sc1c2cc4ccc(-c5ccc6cc(-c7cccc8ccccc78)ccc6c5)cc4cc2sc31. The van der Waals surface area contributed by atoms with E-state index in [-0.39, 0.29) is 0 Å². The molecule has 2 aromatic heterocycles. The summed E-state index contributed by atoms with van der Waals surface area (Å²) < 4.78 is 5.57. The van der Waals surface area contributed by atoms with E-state index in [9.17, 15) is 0 Å². The third-order valence-corrected chi connectivity index (χ3v) is 11.7. The van der Waals surface area contributed by atoms with Crippen molar-refractivity contribution in [3.8, 4) is 22.3 Å². The number of benzene rings is 8. The van der Waals surface area contributed by atoms with Gasteiger partial charge in [-0.1, -0.05) is 103 Å². The van der Waals surface area contributed by atoms with E-state index in [0.717, 1.165) is 0 Å². The average Bonchev–Trinajstić information content (AvgIpc) is 3.60. The first-order chi connectivity index (χ1) is 21.7. The molecule has 0 bridgehead atoms. The zero-order valence-electron chi connectivity index (χ0n) is 23.7. The van der Waals surface area contributed by atoms with Crippen molar-refractivity contribution in [2.45, 2.75) is 0 Å². The van der Waals surface area contributed by atoms with Crippen LogP contribution in [-0.4, -0.2) is 0 Å². The van der Waals surface area contributed by atoms with Gasteiger partial charge in [0.25, 0.3) is 0 Å². The van der Waals surface area contributed by atoms with Crippen LogP contribution in [-0.2, 0) is 0 Å².